The van der Waals surface area contributed by atoms with Crippen LogP contribution < -0.4 is 5.32 Å². The summed E-state index contributed by atoms with van der Waals surface area (Å²) in [7, 11) is 1.74. The van der Waals surface area contributed by atoms with Gasteiger partial charge in [0.2, 0.25) is 0 Å². The highest BCUT2D eigenvalue weighted by Gasteiger charge is 2.28. The first kappa shape index (κ1) is 17.0. The summed E-state index contributed by atoms with van der Waals surface area (Å²) >= 11 is 0. The molecule has 2 N–H and O–H groups in total. The summed E-state index contributed by atoms with van der Waals surface area (Å²) in [6.45, 7) is 1.34. The van der Waals surface area contributed by atoms with E-state index in [1.165, 1.54) is 6.07 Å². The Bertz CT molecular complexity index is 924. The van der Waals surface area contributed by atoms with Crippen LogP contribution in [0.3, 0.4) is 0 Å². The van der Waals surface area contributed by atoms with Crippen molar-refractivity contribution in [1.29, 1.82) is 0 Å². The van der Waals surface area contributed by atoms with Gasteiger partial charge in [-0.05, 0) is 30.7 Å². The molecule has 0 aliphatic carbocycles. The van der Waals surface area contributed by atoms with Gasteiger partial charge in [0.15, 0.2) is 0 Å². The Morgan fingerprint density at radius 1 is 1.28 bits per heavy atom. The zero-order valence-electron chi connectivity index (χ0n) is 14.0. The molecular formula is C18H19FN4O2. The third-order valence-corrected chi connectivity index (χ3v) is 4.19. The first-order chi connectivity index (χ1) is 11.9. The quantitative estimate of drug-likeness (QED) is 0.741. The van der Waals surface area contributed by atoms with Gasteiger partial charge in [-0.25, -0.2) is 9.07 Å². The van der Waals surface area contributed by atoms with Crippen LogP contribution in [0, 0.1) is 5.82 Å². The second kappa shape index (κ2) is 6.60. The molecule has 0 saturated carbocycles. The standard InChI is InChI=1S/C18H19FN4O2/c1-18(11-24,10-12-6-3-4-8-14(12)19)20-17(25)13-7-5-9-15-16(13)21-22-23(15)2/h3-9,24H,10-11H2,1-2H3,(H,20,25). The summed E-state index contributed by atoms with van der Waals surface area (Å²) in [5.41, 5.74) is 0.987. The van der Waals surface area contributed by atoms with Gasteiger partial charge in [0.1, 0.15) is 11.3 Å². The number of hydrogen-bond donors (Lipinski definition) is 2. The van der Waals surface area contributed by atoms with E-state index in [0.717, 1.165) is 5.52 Å². The Morgan fingerprint density at radius 3 is 2.76 bits per heavy atom. The van der Waals surface area contributed by atoms with Crippen LogP contribution in [0.15, 0.2) is 42.5 Å². The van der Waals surface area contributed by atoms with Crippen LogP contribution in [0.1, 0.15) is 22.8 Å². The lowest BCUT2D eigenvalue weighted by molar-refractivity contribution is 0.0852. The molecule has 1 heterocycles. The van der Waals surface area contributed by atoms with Crippen LogP contribution in [0.25, 0.3) is 11.0 Å². The third kappa shape index (κ3) is 3.36. The number of rotatable bonds is 5. The molecule has 1 aromatic heterocycles. The Balaban J connectivity index is 1.87. The van der Waals surface area contributed by atoms with Crippen molar-refractivity contribution < 1.29 is 14.3 Å². The number of aryl methyl sites for hydroxylation is 1. The number of nitrogens with one attached hydrogen (secondary N) is 1. The van der Waals surface area contributed by atoms with Gasteiger partial charge in [-0.3, -0.25) is 4.79 Å². The molecule has 1 atom stereocenters. The highest BCUT2D eigenvalue weighted by molar-refractivity contribution is 6.05. The van der Waals surface area contributed by atoms with Crippen LogP contribution in [-0.4, -0.2) is 38.2 Å². The molecule has 3 rings (SSSR count). The molecule has 0 fully saturated rings. The summed E-state index contributed by atoms with van der Waals surface area (Å²) in [4.78, 5) is 12.7. The van der Waals surface area contributed by atoms with Gasteiger partial charge < -0.3 is 10.4 Å². The van der Waals surface area contributed by atoms with Gasteiger partial charge in [0.05, 0.1) is 23.2 Å². The number of amides is 1. The maximum absolute atomic E-state index is 13.9. The lowest BCUT2D eigenvalue weighted by atomic mass is 9.92. The second-order valence-electron chi connectivity index (χ2n) is 6.33. The number of aliphatic hydroxyl groups is 1. The van der Waals surface area contributed by atoms with E-state index in [0.29, 0.717) is 16.6 Å². The van der Waals surface area contributed by atoms with E-state index in [2.05, 4.69) is 15.6 Å². The van der Waals surface area contributed by atoms with Crippen molar-refractivity contribution in [1.82, 2.24) is 20.3 Å². The number of hydrogen-bond acceptors (Lipinski definition) is 4. The van der Waals surface area contributed by atoms with Crippen LogP contribution in [-0.2, 0) is 13.5 Å². The highest BCUT2D eigenvalue weighted by Crippen LogP contribution is 2.19. The molecule has 0 bridgehead atoms. The summed E-state index contributed by atoms with van der Waals surface area (Å²) in [6.07, 6.45) is 0.165. The van der Waals surface area contributed by atoms with E-state index < -0.39 is 5.54 Å². The molecule has 3 aromatic rings. The number of fused-ring (bicyclic) bond motifs is 1. The molecule has 25 heavy (non-hydrogen) atoms. The van der Waals surface area contributed by atoms with Gasteiger partial charge in [0.25, 0.3) is 5.91 Å². The summed E-state index contributed by atoms with van der Waals surface area (Å²) in [6, 6.07) is 11.5. The van der Waals surface area contributed by atoms with E-state index in [-0.39, 0.29) is 24.8 Å². The Hall–Kier alpha value is -2.80. The zero-order chi connectivity index (χ0) is 18.0. The van der Waals surface area contributed by atoms with Crippen molar-refractivity contribution in [3.8, 4) is 0 Å². The summed E-state index contributed by atoms with van der Waals surface area (Å²) < 4.78 is 15.5. The van der Waals surface area contributed by atoms with Gasteiger partial charge >= 0.3 is 0 Å². The first-order valence-electron chi connectivity index (χ1n) is 7.89. The van der Waals surface area contributed by atoms with Crippen molar-refractivity contribution in [2.24, 2.45) is 7.05 Å². The highest BCUT2D eigenvalue weighted by atomic mass is 19.1. The van der Waals surface area contributed by atoms with Crippen molar-refractivity contribution in [2.75, 3.05) is 6.61 Å². The number of halogens is 1. The molecule has 6 nitrogen and oxygen atoms in total. The number of aromatic nitrogens is 3. The lowest BCUT2D eigenvalue weighted by Crippen LogP contribution is -2.50. The minimum atomic E-state index is -1.01. The lowest BCUT2D eigenvalue weighted by Gasteiger charge is -2.29. The minimum Gasteiger partial charge on any atom is -0.394 e. The van der Waals surface area contributed by atoms with Crippen LogP contribution >= 0.6 is 0 Å². The molecular weight excluding hydrogens is 323 g/mol. The van der Waals surface area contributed by atoms with Crippen molar-refractivity contribution >= 4 is 16.9 Å². The predicted molar refractivity (Wildman–Crippen MR) is 91.6 cm³/mol. The maximum atomic E-state index is 13.9. The fourth-order valence-corrected chi connectivity index (χ4v) is 2.78. The van der Waals surface area contributed by atoms with E-state index >= 15 is 0 Å². The molecule has 0 radical (unpaired) electrons. The third-order valence-electron chi connectivity index (χ3n) is 4.19. The number of nitrogens with zero attached hydrogens (tertiary/aromatic N) is 3. The zero-order valence-corrected chi connectivity index (χ0v) is 14.0. The molecule has 1 unspecified atom stereocenters. The van der Waals surface area contributed by atoms with Crippen LogP contribution in [0.5, 0.6) is 0 Å². The molecule has 0 spiro atoms. The Labute approximate surface area is 144 Å². The number of carbonyl (C=O) groups is 1. The molecule has 130 valence electrons. The van der Waals surface area contributed by atoms with Gasteiger partial charge in [0, 0.05) is 13.5 Å². The van der Waals surface area contributed by atoms with E-state index in [1.54, 1.807) is 49.0 Å². The van der Waals surface area contributed by atoms with E-state index in [1.807, 2.05) is 6.07 Å². The molecule has 7 heteroatoms. The SMILES string of the molecule is Cn1nnc2c(C(=O)NC(C)(CO)Cc3ccccc3F)cccc21. The Morgan fingerprint density at radius 2 is 2.04 bits per heavy atom. The first-order valence-corrected chi connectivity index (χ1v) is 7.89. The average molecular weight is 342 g/mol. The van der Waals surface area contributed by atoms with Gasteiger partial charge in [-0.2, -0.15) is 0 Å². The van der Waals surface area contributed by atoms with E-state index in [9.17, 15) is 14.3 Å². The smallest absolute Gasteiger partial charge is 0.254 e. The summed E-state index contributed by atoms with van der Waals surface area (Å²) in [5, 5.41) is 20.5. The van der Waals surface area contributed by atoms with Crippen molar-refractivity contribution in [3.63, 3.8) is 0 Å². The Kier molecular flexibility index (Phi) is 4.50. The number of benzene rings is 2. The largest absolute Gasteiger partial charge is 0.394 e. The normalized spacial score (nSPS) is 13.6. The molecule has 2 aromatic carbocycles. The van der Waals surface area contributed by atoms with Gasteiger partial charge in [-0.1, -0.05) is 29.5 Å². The summed E-state index contributed by atoms with van der Waals surface area (Å²) in [5.74, 6) is -0.758. The van der Waals surface area contributed by atoms with Crippen molar-refractivity contribution in [2.45, 2.75) is 18.9 Å². The number of carbonyl (C=O) groups excluding carboxylic acids is 1. The number of aliphatic hydroxyl groups excluding tert-OH is 1. The van der Waals surface area contributed by atoms with Crippen LogP contribution in [0.2, 0.25) is 0 Å². The molecule has 0 saturated heterocycles. The predicted octanol–water partition coefficient (Wildman–Crippen LogP) is 1.83. The van der Waals surface area contributed by atoms with E-state index in [4.69, 9.17) is 0 Å². The second-order valence-corrected chi connectivity index (χ2v) is 6.33. The van der Waals surface area contributed by atoms with Gasteiger partial charge in [-0.15, -0.1) is 5.10 Å². The monoisotopic (exact) mass is 342 g/mol. The molecule has 1 amide bonds. The maximum Gasteiger partial charge on any atom is 0.254 e. The van der Waals surface area contributed by atoms with Crippen molar-refractivity contribution in [3.05, 3.63) is 59.4 Å². The topological polar surface area (TPSA) is 80.0 Å². The average Bonchev–Trinajstić information content (AvgIpc) is 2.98. The molecule has 0 aliphatic heterocycles. The minimum absolute atomic E-state index is 0.165. The fraction of sp³-hybridized carbons (Fsp3) is 0.278. The fourth-order valence-electron chi connectivity index (χ4n) is 2.78. The van der Waals surface area contributed by atoms with Crippen LogP contribution in [0.4, 0.5) is 4.39 Å². The molecule has 0 aliphatic rings.